The molecule has 1 atom stereocenters. The average Bonchev–Trinajstić information content (AvgIpc) is 2.96. The van der Waals surface area contributed by atoms with E-state index in [0.29, 0.717) is 5.92 Å². The fourth-order valence-electron chi connectivity index (χ4n) is 2.36. The SMILES string of the molecule is CN=C(NCCn1cc(C)cn1)NCC(C)c1ccc(C)cc1.I. The highest BCUT2D eigenvalue weighted by atomic mass is 127. The fourth-order valence-corrected chi connectivity index (χ4v) is 2.36. The van der Waals surface area contributed by atoms with Gasteiger partial charge >= 0.3 is 0 Å². The maximum atomic E-state index is 4.28. The van der Waals surface area contributed by atoms with Crippen molar-refractivity contribution in [1.29, 1.82) is 0 Å². The molecule has 24 heavy (non-hydrogen) atoms. The summed E-state index contributed by atoms with van der Waals surface area (Å²) in [4.78, 5) is 4.27. The second-order valence-electron chi connectivity index (χ2n) is 5.97. The Morgan fingerprint density at radius 2 is 1.88 bits per heavy atom. The van der Waals surface area contributed by atoms with E-state index < -0.39 is 0 Å². The summed E-state index contributed by atoms with van der Waals surface area (Å²) in [5, 5.41) is 11.0. The molecule has 2 aromatic rings. The number of halogens is 1. The van der Waals surface area contributed by atoms with Gasteiger partial charge in [-0.15, -0.1) is 24.0 Å². The lowest BCUT2D eigenvalue weighted by Gasteiger charge is -2.16. The summed E-state index contributed by atoms with van der Waals surface area (Å²) < 4.78 is 1.94. The van der Waals surface area contributed by atoms with Crippen molar-refractivity contribution in [1.82, 2.24) is 20.4 Å². The molecule has 2 rings (SSSR count). The Labute approximate surface area is 162 Å². The lowest BCUT2D eigenvalue weighted by Crippen LogP contribution is -2.40. The van der Waals surface area contributed by atoms with E-state index in [0.717, 1.165) is 25.6 Å². The number of rotatable bonds is 6. The van der Waals surface area contributed by atoms with Crippen molar-refractivity contribution in [3.05, 3.63) is 53.3 Å². The number of hydrogen-bond donors (Lipinski definition) is 2. The molecule has 0 saturated heterocycles. The molecule has 0 aliphatic heterocycles. The largest absolute Gasteiger partial charge is 0.356 e. The third-order valence-corrected chi connectivity index (χ3v) is 3.84. The number of guanidine groups is 1. The first-order valence-corrected chi connectivity index (χ1v) is 8.08. The van der Waals surface area contributed by atoms with Crippen molar-refractivity contribution in [2.45, 2.75) is 33.2 Å². The molecule has 1 aromatic heterocycles. The zero-order valence-corrected chi connectivity index (χ0v) is 17.2. The van der Waals surface area contributed by atoms with Crippen LogP contribution in [0.1, 0.15) is 29.5 Å². The Morgan fingerprint density at radius 1 is 1.17 bits per heavy atom. The van der Waals surface area contributed by atoms with E-state index in [1.807, 2.05) is 24.0 Å². The summed E-state index contributed by atoms with van der Waals surface area (Å²) in [5.74, 6) is 1.26. The number of benzene rings is 1. The van der Waals surface area contributed by atoms with Crippen molar-refractivity contribution in [3.63, 3.8) is 0 Å². The lowest BCUT2D eigenvalue weighted by molar-refractivity contribution is 0.595. The summed E-state index contributed by atoms with van der Waals surface area (Å²) in [7, 11) is 1.80. The first-order chi connectivity index (χ1) is 11.1. The van der Waals surface area contributed by atoms with E-state index in [9.17, 15) is 0 Å². The van der Waals surface area contributed by atoms with Gasteiger partial charge in [0.2, 0.25) is 0 Å². The Kier molecular flexibility index (Phi) is 8.81. The third-order valence-electron chi connectivity index (χ3n) is 3.84. The Bertz CT molecular complexity index is 633. The van der Waals surface area contributed by atoms with Crippen LogP contribution < -0.4 is 10.6 Å². The molecule has 2 N–H and O–H groups in total. The van der Waals surface area contributed by atoms with Crippen LogP contribution in [-0.4, -0.2) is 35.9 Å². The van der Waals surface area contributed by atoms with Crippen LogP contribution in [0.3, 0.4) is 0 Å². The summed E-state index contributed by atoms with van der Waals surface area (Å²) in [6, 6.07) is 8.70. The summed E-state index contributed by atoms with van der Waals surface area (Å²) >= 11 is 0. The minimum absolute atomic E-state index is 0. The Hall–Kier alpha value is -1.57. The molecule has 0 aliphatic rings. The smallest absolute Gasteiger partial charge is 0.191 e. The minimum Gasteiger partial charge on any atom is -0.356 e. The van der Waals surface area contributed by atoms with E-state index in [1.54, 1.807) is 7.05 Å². The highest BCUT2D eigenvalue weighted by Gasteiger charge is 2.06. The number of hydrogen-bond acceptors (Lipinski definition) is 2. The van der Waals surface area contributed by atoms with E-state index in [1.165, 1.54) is 16.7 Å². The molecule has 0 radical (unpaired) electrons. The minimum atomic E-state index is 0. The number of aromatic nitrogens is 2. The summed E-state index contributed by atoms with van der Waals surface area (Å²) in [6.07, 6.45) is 3.91. The van der Waals surface area contributed by atoms with E-state index in [4.69, 9.17) is 0 Å². The molecular weight excluding hydrogens is 413 g/mol. The van der Waals surface area contributed by atoms with Crippen molar-refractivity contribution in [2.24, 2.45) is 4.99 Å². The summed E-state index contributed by atoms with van der Waals surface area (Å²) in [6.45, 7) is 8.84. The second kappa shape index (κ2) is 10.3. The molecule has 0 spiro atoms. The van der Waals surface area contributed by atoms with Gasteiger partial charge in [0.15, 0.2) is 5.96 Å². The van der Waals surface area contributed by atoms with Gasteiger partial charge in [-0.05, 0) is 30.9 Å². The van der Waals surface area contributed by atoms with Gasteiger partial charge in [0.1, 0.15) is 0 Å². The first-order valence-electron chi connectivity index (χ1n) is 8.08. The fraction of sp³-hybridized carbons (Fsp3) is 0.444. The van der Waals surface area contributed by atoms with Gasteiger partial charge in [0.05, 0.1) is 12.7 Å². The van der Waals surface area contributed by atoms with Crippen LogP contribution in [-0.2, 0) is 6.54 Å². The summed E-state index contributed by atoms with van der Waals surface area (Å²) in [5.41, 5.74) is 3.81. The van der Waals surface area contributed by atoms with Crippen LogP contribution >= 0.6 is 24.0 Å². The standard InChI is InChI=1S/C18H27N5.HI/c1-14-5-7-17(8-6-14)16(3)12-21-18(19-4)20-9-10-23-13-15(2)11-22-23;/h5-8,11,13,16H,9-10,12H2,1-4H3,(H2,19,20,21);1H. The molecule has 0 amide bonds. The van der Waals surface area contributed by atoms with Crippen LogP contribution in [0.15, 0.2) is 41.7 Å². The molecule has 1 heterocycles. The number of nitrogens with zero attached hydrogens (tertiary/aromatic N) is 3. The van der Waals surface area contributed by atoms with Crippen LogP contribution in [0, 0.1) is 13.8 Å². The monoisotopic (exact) mass is 441 g/mol. The van der Waals surface area contributed by atoms with E-state index in [2.05, 4.69) is 58.8 Å². The molecule has 1 aromatic carbocycles. The first kappa shape index (κ1) is 20.5. The Balaban J connectivity index is 0.00000288. The van der Waals surface area contributed by atoms with Gasteiger partial charge in [-0.25, -0.2) is 0 Å². The number of aryl methyl sites for hydroxylation is 2. The highest BCUT2D eigenvalue weighted by Crippen LogP contribution is 2.14. The molecule has 0 aliphatic carbocycles. The highest BCUT2D eigenvalue weighted by molar-refractivity contribution is 14.0. The molecule has 6 heteroatoms. The van der Waals surface area contributed by atoms with Crippen LogP contribution in [0.25, 0.3) is 0 Å². The number of nitrogens with one attached hydrogen (secondary N) is 2. The van der Waals surface area contributed by atoms with Gasteiger partial charge in [-0.1, -0.05) is 36.8 Å². The van der Waals surface area contributed by atoms with E-state index in [-0.39, 0.29) is 24.0 Å². The second-order valence-corrected chi connectivity index (χ2v) is 5.97. The molecule has 0 bridgehead atoms. The van der Waals surface area contributed by atoms with Gasteiger partial charge < -0.3 is 10.6 Å². The predicted molar refractivity (Wildman–Crippen MR) is 111 cm³/mol. The zero-order valence-electron chi connectivity index (χ0n) is 14.9. The van der Waals surface area contributed by atoms with Gasteiger partial charge in [0, 0.05) is 26.3 Å². The molecule has 0 fully saturated rings. The lowest BCUT2D eigenvalue weighted by atomic mass is 10.0. The van der Waals surface area contributed by atoms with Crippen molar-refractivity contribution in [2.75, 3.05) is 20.1 Å². The maximum absolute atomic E-state index is 4.28. The van der Waals surface area contributed by atoms with Gasteiger partial charge in [-0.2, -0.15) is 5.10 Å². The van der Waals surface area contributed by atoms with Crippen molar-refractivity contribution < 1.29 is 0 Å². The normalized spacial score (nSPS) is 12.4. The zero-order chi connectivity index (χ0) is 16.7. The molecule has 5 nitrogen and oxygen atoms in total. The average molecular weight is 441 g/mol. The molecule has 132 valence electrons. The predicted octanol–water partition coefficient (Wildman–Crippen LogP) is 3.09. The molecule has 0 saturated carbocycles. The van der Waals surface area contributed by atoms with Crippen molar-refractivity contribution in [3.8, 4) is 0 Å². The van der Waals surface area contributed by atoms with Gasteiger partial charge in [0.25, 0.3) is 0 Å². The molecular formula is C18H28IN5. The third kappa shape index (κ3) is 6.51. The van der Waals surface area contributed by atoms with Crippen LogP contribution in [0.2, 0.25) is 0 Å². The van der Waals surface area contributed by atoms with Crippen LogP contribution in [0.5, 0.6) is 0 Å². The van der Waals surface area contributed by atoms with E-state index >= 15 is 0 Å². The van der Waals surface area contributed by atoms with Crippen molar-refractivity contribution >= 4 is 29.9 Å². The molecule has 1 unspecified atom stereocenters. The quantitative estimate of drug-likeness (QED) is 0.412. The topological polar surface area (TPSA) is 54.2 Å². The van der Waals surface area contributed by atoms with Crippen LogP contribution in [0.4, 0.5) is 0 Å². The number of aliphatic imine (C=N–C) groups is 1. The Morgan fingerprint density at radius 3 is 2.46 bits per heavy atom. The maximum Gasteiger partial charge on any atom is 0.191 e. The van der Waals surface area contributed by atoms with Gasteiger partial charge in [-0.3, -0.25) is 9.67 Å².